The smallest absolute Gasteiger partial charge is 0.343 e. The van der Waals surface area contributed by atoms with Crippen molar-refractivity contribution < 1.29 is 23.6 Å². The van der Waals surface area contributed by atoms with Crippen LogP contribution >= 0.6 is 0 Å². The Bertz CT molecular complexity index is 973. The van der Waals surface area contributed by atoms with Crippen molar-refractivity contribution in [2.24, 2.45) is 22.7 Å². The number of ether oxygens (including phenoxy) is 2. The molecule has 4 saturated heterocycles. The number of rotatable bonds is 4. The summed E-state index contributed by atoms with van der Waals surface area (Å²) in [6.07, 6.45) is 4.12. The molecule has 1 spiro atoms. The molecule has 5 fully saturated rings. The molecule has 5 aliphatic rings. The van der Waals surface area contributed by atoms with E-state index in [1.165, 1.54) is 0 Å². The van der Waals surface area contributed by atoms with Crippen LogP contribution in [0.4, 0.5) is 10.2 Å². The third kappa shape index (κ3) is 2.71. The number of aromatic nitrogens is 2. The molecule has 2 N–H and O–H groups in total. The standard InChI is InChI=1S/C21H27FN4O5/c1-5-12-6-7-13-11(2)16(25-15-14(22)10-24-18(27)26-15)28-17-21(13)20(12,23-4)9-8-19(3,29-17)30-31-21/h5,10-13,16-17H,1,4,6-9H2,2-3H3,(H2,24,25,26,27)/t11-,12-,13?,16?,17-,19-,20-,21-/m1/s1. The molecule has 2 bridgehead atoms. The van der Waals surface area contributed by atoms with E-state index in [2.05, 4.69) is 33.6 Å². The van der Waals surface area contributed by atoms with Gasteiger partial charge in [-0.1, -0.05) is 13.0 Å². The molecule has 1 aromatic heterocycles. The van der Waals surface area contributed by atoms with Gasteiger partial charge in [-0.15, -0.1) is 6.58 Å². The lowest BCUT2D eigenvalue weighted by atomic mass is 9.53. The monoisotopic (exact) mass is 434 g/mol. The summed E-state index contributed by atoms with van der Waals surface area (Å²) in [5.41, 5.74) is -2.41. The molecule has 1 aliphatic carbocycles. The molecule has 0 amide bonds. The number of nitrogens with zero attached hydrogens (tertiary/aromatic N) is 2. The van der Waals surface area contributed by atoms with Crippen LogP contribution in [0.25, 0.3) is 0 Å². The molecule has 8 atom stereocenters. The van der Waals surface area contributed by atoms with Crippen LogP contribution in [0.1, 0.15) is 39.5 Å². The zero-order chi connectivity index (χ0) is 22.0. The lowest BCUT2D eigenvalue weighted by molar-refractivity contribution is -0.570. The van der Waals surface area contributed by atoms with Crippen molar-refractivity contribution in [3.8, 4) is 0 Å². The van der Waals surface area contributed by atoms with Crippen LogP contribution in [0.5, 0.6) is 0 Å². The molecule has 4 aliphatic heterocycles. The quantitative estimate of drug-likeness (QED) is 0.426. The Balaban J connectivity index is 1.58. The number of nitrogens with one attached hydrogen (secondary N) is 2. The molecule has 2 unspecified atom stereocenters. The van der Waals surface area contributed by atoms with Gasteiger partial charge in [-0.25, -0.2) is 19.0 Å². The summed E-state index contributed by atoms with van der Waals surface area (Å²) >= 11 is 0. The van der Waals surface area contributed by atoms with E-state index >= 15 is 0 Å². The van der Waals surface area contributed by atoms with E-state index in [0.29, 0.717) is 12.8 Å². The number of hydrogen-bond donors (Lipinski definition) is 2. The Hall–Kier alpha value is -2.14. The average molecular weight is 434 g/mol. The van der Waals surface area contributed by atoms with Crippen LogP contribution in [-0.4, -0.2) is 46.1 Å². The zero-order valence-electron chi connectivity index (χ0n) is 17.6. The molecule has 10 heteroatoms. The number of H-pyrrole nitrogens is 1. The summed E-state index contributed by atoms with van der Waals surface area (Å²) in [7, 11) is 0. The third-order valence-electron chi connectivity index (χ3n) is 7.65. The van der Waals surface area contributed by atoms with Gasteiger partial charge in [-0.3, -0.25) is 9.98 Å². The van der Waals surface area contributed by atoms with Crippen molar-refractivity contribution in [3.63, 3.8) is 0 Å². The molecule has 9 nitrogen and oxygen atoms in total. The Morgan fingerprint density at radius 1 is 1.39 bits per heavy atom. The number of aliphatic imine (C=N–C) groups is 1. The van der Waals surface area contributed by atoms with E-state index in [9.17, 15) is 9.18 Å². The van der Waals surface area contributed by atoms with Gasteiger partial charge in [0, 0.05) is 24.2 Å². The van der Waals surface area contributed by atoms with Gasteiger partial charge >= 0.3 is 5.69 Å². The van der Waals surface area contributed by atoms with E-state index in [1.54, 1.807) is 6.92 Å². The van der Waals surface area contributed by atoms with Gasteiger partial charge in [-0.2, -0.15) is 4.98 Å². The molecule has 0 radical (unpaired) electrons. The second-order valence-electron chi connectivity index (χ2n) is 9.12. The highest BCUT2D eigenvalue weighted by molar-refractivity contribution is 5.37. The van der Waals surface area contributed by atoms with Crippen molar-refractivity contribution in [1.82, 2.24) is 9.97 Å². The highest BCUT2D eigenvalue weighted by Crippen LogP contribution is 2.63. The average Bonchev–Trinajstić information content (AvgIpc) is 2.96. The minimum atomic E-state index is -1.02. The first-order valence-corrected chi connectivity index (χ1v) is 10.6. The highest BCUT2D eigenvalue weighted by atomic mass is 19.1. The molecular weight excluding hydrogens is 407 g/mol. The van der Waals surface area contributed by atoms with E-state index < -0.39 is 41.0 Å². The second kappa shape index (κ2) is 6.93. The largest absolute Gasteiger partial charge is 0.346 e. The maximum atomic E-state index is 14.3. The molecule has 0 aromatic carbocycles. The van der Waals surface area contributed by atoms with Crippen molar-refractivity contribution in [2.75, 3.05) is 5.32 Å². The van der Waals surface area contributed by atoms with E-state index in [4.69, 9.17) is 19.2 Å². The van der Waals surface area contributed by atoms with Crippen LogP contribution in [0.3, 0.4) is 0 Å². The number of aromatic amines is 1. The topological polar surface area (TPSA) is 107 Å². The summed E-state index contributed by atoms with van der Waals surface area (Å²) in [6, 6.07) is 0. The Kier molecular flexibility index (Phi) is 4.64. The van der Waals surface area contributed by atoms with Gasteiger partial charge in [0.25, 0.3) is 0 Å². The first kappa shape index (κ1) is 20.7. The lowest BCUT2D eigenvalue weighted by Crippen LogP contribution is -2.77. The first-order chi connectivity index (χ1) is 14.8. The van der Waals surface area contributed by atoms with E-state index in [-0.39, 0.29) is 23.6 Å². The van der Waals surface area contributed by atoms with Gasteiger partial charge in [0.15, 0.2) is 17.7 Å². The van der Waals surface area contributed by atoms with Crippen LogP contribution < -0.4 is 11.0 Å². The minimum absolute atomic E-state index is 0.0192. The van der Waals surface area contributed by atoms with Gasteiger partial charge in [0.2, 0.25) is 5.79 Å². The highest BCUT2D eigenvalue weighted by Gasteiger charge is 2.76. The predicted octanol–water partition coefficient (Wildman–Crippen LogP) is 2.52. The fourth-order valence-corrected chi connectivity index (χ4v) is 6.04. The molecule has 1 aromatic rings. The molecule has 31 heavy (non-hydrogen) atoms. The molecular formula is C21H27FN4O5. The fraction of sp³-hybridized carbons (Fsp3) is 0.667. The van der Waals surface area contributed by atoms with Gasteiger partial charge in [-0.05, 0) is 32.9 Å². The molecule has 1 saturated carbocycles. The van der Waals surface area contributed by atoms with Crippen LogP contribution in [-0.2, 0) is 19.2 Å². The van der Waals surface area contributed by atoms with Crippen molar-refractivity contribution in [1.29, 1.82) is 0 Å². The van der Waals surface area contributed by atoms with E-state index in [1.807, 2.05) is 13.0 Å². The Morgan fingerprint density at radius 2 is 2.19 bits per heavy atom. The summed E-state index contributed by atoms with van der Waals surface area (Å²) in [5, 5.41) is 2.99. The van der Waals surface area contributed by atoms with E-state index in [0.717, 1.165) is 19.0 Å². The second-order valence-corrected chi connectivity index (χ2v) is 9.12. The fourth-order valence-electron chi connectivity index (χ4n) is 6.04. The third-order valence-corrected chi connectivity index (χ3v) is 7.65. The maximum Gasteiger partial charge on any atom is 0.346 e. The number of hydrogen-bond acceptors (Lipinski definition) is 8. The maximum absolute atomic E-state index is 14.3. The summed E-state index contributed by atoms with van der Waals surface area (Å²) in [5.74, 6) is -2.00. The van der Waals surface area contributed by atoms with Crippen molar-refractivity contribution >= 4 is 12.5 Å². The summed E-state index contributed by atoms with van der Waals surface area (Å²) in [6.45, 7) is 11.8. The van der Waals surface area contributed by atoms with Gasteiger partial charge in [0.05, 0.1) is 6.20 Å². The minimum Gasteiger partial charge on any atom is -0.343 e. The summed E-state index contributed by atoms with van der Waals surface area (Å²) < 4.78 is 26.9. The first-order valence-electron chi connectivity index (χ1n) is 10.6. The number of halogens is 1. The summed E-state index contributed by atoms with van der Waals surface area (Å²) in [4.78, 5) is 34.0. The Labute approximate surface area is 179 Å². The zero-order valence-corrected chi connectivity index (χ0v) is 17.6. The number of fused-ring (bicyclic) bond motifs is 2. The normalized spacial score (nSPS) is 46.0. The SMILES string of the molecule is C=C[C@@H]1CCC2[C@@H](C)C(Nc3[nH]c(=O)ncc3F)O[C@@H]3O[C@@]4(C)CC[C@]1(N=C)[C@@]23OO4. The van der Waals surface area contributed by atoms with Crippen LogP contribution in [0, 0.1) is 23.6 Å². The van der Waals surface area contributed by atoms with Crippen LogP contribution in [0.2, 0.25) is 0 Å². The Morgan fingerprint density at radius 3 is 2.94 bits per heavy atom. The van der Waals surface area contributed by atoms with Crippen molar-refractivity contribution in [2.45, 2.75) is 69.0 Å². The molecule has 5 heterocycles. The predicted molar refractivity (Wildman–Crippen MR) is 109 cm³/mol. The van der Waals surface area contributed by atoms with Gasteiger partial charge < -0.3 is 14.8 Å². The lowest BCUT2D eigenvalue weighted by Gasteiger charge is -2.63. The molecule has 6 rings (SSSR count). The number of anilines is 1. The van der Waals surface area contributed by atoms with Crippen LogP contribution in [0.15, 0.2) is 28.6 Å². The van der Waals surface area contributed by atoms with Crippen molar-refractivity contribution in [3.05, 3.63) is 35.2 Å². The molecule has 168 valence electrons. The van der Waals surface area contributed by atoms with Gasteiger partial charge in [0.1, 0.15) is 17.6 Å².